The Morgan fingerprint density at radius 1 is 0.875 bits per heavy atom. The molecule has 0 bridgehead atoms. The number of para-hydroxylation sites is 1. The number of hydrazone groups is 1. The molecule has 2 N–H and O–H groups in total. The van der Waals surface area contributed by atoms with Crippen molar-refractivity contribution in [2.24, 2.45) is 5.10 Å². The third-order valence-corrected chi connectivity index (χ3v) is 7.30. The molecule has 4 aromatic carbocycles. The Morgan fingerprint density at radius 3 is 2.15 bits per heavy atom. The number of hydrogen-bond donors (Lipinski definition) is 2. The van der Waals surface area contributed by atoms with Gasteiger partial charge < -0.3 is 5.11 Å². The molecule has 0 aliphatic carbocycles. The summed E-state index contributed by atoms with van der Waals surface area (Å²) in [5, 5.41) is 25.6. The summed E-state index contributed by atoms with van der Waals surface area (Å²) >= 11 is 1.35. The number of thiazole rings is 1. The molecule has 198 valence electrons. The highest BCUT2D eigenvalue weighted by Gasteiger charge is 2.20. The molecule has 0 aliphatic rings. The first-order valence-corrected chi connectivity index (χ1v) is 13.2. The number of nitrogens with one attached hydrogen (secondary N) is 1. The van der Waals surface area contributed by atoms with Crippen LogP contribution in [-0.4, -0.2) is 26.7 Å². The van der Waals surface area contributed by atoms with Crippen LogP contribution >= 0.6 is 11.3 Å². The van der Waals surface area contributed by atoms with Crippen molar-refractivity contribution in [3.05, 3.63) is 124 Å². The SMILES string of the molecule is Cc1ccc(-c2nc(N/N=C(\Cc3ccccc3[N+](=O)[O-])C(=O)O)sc2-c2ccc(-c3ccccc3)cc2)cc1. The van der Waals surface area contributed by atoms with E-state index in [1.807, 2.05) is 61.5 Å². The minimum Gasteiger partial charge on any atom is -0.477 e. The van der Waals surface area contributed by atoms with Crippen molar-refractivity contribution >= 4 is 33.8 Å². The second kappa shape index (κ2) is 11.7. The second-order valence-corrected chi connectivity index (χ2v) is 10.0. The molecule has 0 saturated carbocycles. The molecule has 8 nitrogen and oxygen atoms in total. The Kier molecular flexibility index (Phi) is 7.75. The van der Waals surface area contributed by atoms with E-state index >= 15 is 0 Å². The van der Waals surface area contributed by atoms with E-state index in [4.69, 9.17) is 4.98 Å². The number of anilines is 1. The van der Waals surface area contributed by atoms with Gasteiger partial charge in [0.25, 0.3) is 5.69 Å². The molecule has 1 heterocycles. The van der Waals surface area contributed by atoms with E-state index in [1.165, 1.54) is 29.5 Å². The van der Waals surface area contributed by atoms with Crippen molar-refractivity contribution in [2.75, 3.05) is 5.43 Å². The summed E-state index contributed by atoms with van der Waals surface area (Å²) in [6.07, 6.45) is -0.219. The van der Waals surface area contributed by atoms with Gasteiger partial charge in [0.15, 0.2) is 0 Å². The third-order valence-electron chi connectivity index (χ3n) is 6.29. The van der Waals surface area contributed by atoms with Crippen molar-refractivity contribution in [2.45, 2.75) is 13.3 Å². The van der Waals surface area contributed by atoms with Crippen LogP contribution < -0.4 is 5.43 Å². The molecular formula is C31H24N4O4S. The largest absolute Gasteiger partial charge is 0.477 e. The summed E-state index contributed by atoms with van der Waals surface area (Å²) in [6.45, 7) is 2.01. The Hall–Kier alpha value is -5.15. The Labute approximate surface area is 234 Å². The highest BCUT2D eigenvalue weighted by molar-refractivity contribution is 7.19. The zero-order chi connectivity index (χ0) is 28.1. The molecule has 0 saturated heterocycles. The standard InChI is InChI=1S/C31H24N4O4S/c1-20-11-13-23(14-12-20)28-29(24-17-15-22(16-18-24)21-7-3-2-4-8-21)40-31(32-28)34-33-26(30(36)37)19-25-9-5-6-10-27(25)35(38)39/h2-18H,19H2,1H3,(H,32,34)(H,36,37)/b33-26+. The van der Waals surface area contributed by atoms with Crippen LogP contribution in [0.2, 0.25) is 0 Å². The number of nitro benzene ring substituents is 1. The van der Waals surface area contributed by atoms with Crippen LogP contribution in [0.1, 0.15) is 11.1 Å². The number of benzene rings is 4. The van der Waals surface area contributed by atoms with E-state index in [2.05, 4.69) is 34.8 Å². The van der Waals surface area contributed by atoms with Crippen LogP contribution in [0.5, 0.6) is 0 Å². The minimum atomic E-state index is -1.28. The number of rotatable bonds is 9. The smallest absolute Gasteiger partial charge is 0.352 e. The number of carboxylic acids is 1. The Bertz CT molecular complexity index is 1700. The first kappa shape index (κ1) is 26.5. The average Bonchev–Trinajstić information content (AvgIpc) is 3.40. The number of nitrogens with zero attached hydrogens (tertiary/aromatic N) is 3. The van der Waals surface area contributed by atoms with Gasteiger partial charge in [-0.15, -0.1) is 0 Å². The normalized spacial score (nSPS) is 11.3. The van der Waals surface area contributed by atoms with Gasteiger partial charge >= 0.3 is 5.97 Å². The predicted octanol–water partition coefficient (Wildman–Crippen LogP) is 7.46. The maximum Gasteiger partial charge on any atom is 0.352 e. The van der Waals surface area contributed by atoms with Gasteiger partial charge in [0.1, 0.15) is 5.71 Å². The Balaban J connectivity index is 1.49. The Morgan fingerprint density at radius 2 is 1.48 bits per heavy atom. The lowest BCUT2D eigenvalue weighted by molar-refractivity contribution is -0.385. The number of aliphatic carboxylic acids is 1. The quantitative estimate of drug-likeness (QED) is 0.112. The molecule has 0 fully saturated rings. The summed E-state index contributed by atoms with van der Waals surface area (Å²) in [5.74, 6) is -1.28. The van der Waals surface area contributed by atoms with Crippen LogP contribution in [0.15, 0.2) is 108 Å². The van der Waals surface area contributed by atoms with E-state index < -0.39 is 10.9 Å². The van der Waals surface area contributed by atoms with Crippen molar-refractivity contribution in [3.8, 4) is 32.8 Å². The van der Waals surface area contributed by atoms with Gasteiger partial charge in [0.05, 0.1) is 15.5 Å². The van der Waals surface area contributed by atoms with Gasteiger partial charge in [-0.3, -0.25) is 15.5 Å². The van der Waals surface area contributed by atoms with E-state index in [0.717, 1.165) is 38.4 Å². The molecule has 1 aromatic heterocycles. The fourth-order valence-corrected chi connectivity index (χ4v) is 5.15. The van der Waals surface area contributed by atoms with Crippen LogP contribution in [0.3, 0.4) is 0 Å². The van der Waals surface area contributed by atoms with E-state index in [0.29, 0.717) is 5.13 Å². The molecule has 0 aliphatic heterocycles. The minimum absolute atomic E-state index is 0.159. The number of aromatic nitrogens is 1. The van der Waals surface area contributed by atoms with Crippen molar-refractivity contribution < 1.29 is 14.8 Å². The van der Waals surface area contributed by atoms with Crippen LogP contribution in [0.25, 0.3) is 32.8 Å². The molecular weight excluding hydrogens is 524 g/mol. The third kappa shape index (κ3) is 5.95. The monoisotopic (exact) mass is 548 g/mol. The second-order valence-electron chi connectivity index (χ2n) is 9.04. The summed E-state index contributed by atoms with van der Waals surface area (Å²) in [4.78, 5) is 28.4. The lowest BCUT2D eigenvalue weighted by atomic mass is 10.0. The molecule has 0 spiro atoms. The van der Waals surface area contributed by atoms with E-state index in [-0.39, 0.29) is 23.4 Å². The maximum atomic E-state index is 11.9. The van der Waals surface area contributed by atoms with Crippen LogP contribution in [0.4, 0.5) is 10.8 Å². The number of aryl methyl sites for hydroxylation is 1. The van der Waals surface area contributed by atoms with Crippen LogP contribution in [-0.2, 0) is 11.2 Å². The van der Waals surface area contributed by atoms with E-state index in [9.17, 15) is 20.0 Å². The summed E-state index contributed by atoms with van der Waals surface area (Å²) in [6, 6.07) is 32.3. The topological polar surface area (TPSA) is 118 Å². The van der Waals surface area contributed by atoms with Gasteiger partial charge in [-0.1, -0.05) is 114 Å². The molecule has 5 rings (SSSR count). The highest BCUT2D eigenvalue weighted by Crippen LogP contribution is 2.40. The van der Waals surface area contributed by atoms with Crippen molar-refractivity contribution in [1.82, 2.24) is 4.98 Å². The molecule has 0 unspecified atom stereocenters. The number of carbonyl (C=O) groups is 1. The summed E-state index contributed by atoms with van der Waals surface area (Å²) in [5.41, 5.74) is 8.57. The maximum absolute atomic E-state index is 11.9. The molecule has 9 heteroatoms. The first-order chi connectivity index (χ1) is 19.4. The molecule has 0 atom stereocenters. The zero-order valence-electron chi connectivity index (χ0n) is 21.4. The number of carboxylic acid groups (broad SMARTS) is 1. The van der Waals surface area contributed by atoms with Crippen LogP contribution in [0, 0.1) is 17.0 Å². The highest BCUT2D eigenvalue weighted by atomic mass is 32.1. The summed E-state index contributed by atoms with van der Waals surface area (Å²) < 4.78 is 0. The average molecular weight is 549 g/mol. The van der Waals surface area contributed by atoms with Gasteiger partial charge in [-0.2, -0.15) is 5.10 Å². The zero-order valence-corrected chi connectivity index (χ0v) is 22.3. The fraction of sp³-hybridized carbons (Fsp3) is 0.0645. The van der Waals surface area contributed by atoms with Gasteiger partial charge in [-0.05, 0) is 23.6 Å². The number of hydrogen-bond acceptors (Lipinski definition) is 7. The molecule has 0 amide bonds. The molecule has 5 aromatic rings. The predicted molar refractivity (Wildman–Crippen MR) is 159 cm³/mol. The van der Waals surface area contributed by atoms with Gasteiger partial charge in [-0.25, -0.2) is 9.78 Å². The fourth-order valence-electron chi connectivity index (χ4n) is 4.21. The van der Waals surface area contributed by atoms with Crippen molar-refractivity contribution in [3.63, 3.8) is 0 Å². The molecule has 40 heavy (non-hydrogen) atoms. The molecule has 0 radical (unpaired) electrons. The van der Waals surface area contributed by atoms with Crippen molar-refractivity contribution in [1.29, 1.82) is 0 Å². The lowest BCUT2D eigenvalue weighted by Gasteiger charge is -2.06. The van der Waals surface area contributed by atoms with Gasteiger partial charge in [0.2, 0.25) is 5.13 Å². The van der Waals surface area contributed by atoms with E-state index in [1.54, 1.807) is 6.07 Å². The lowest BCUT2D eigenvalue weighted by Crippen LogP contribution is -2.18. The summed E-state index contributed by atoms with van der Waals surface area (Å²) in [7, 11) is 0. The number of nitro groups is 1. The van der Waals surface area contributed by atoms with Gasteiger partial charge in [0, 0.05) is 23.6 Å². The first-order valence-electron chi connectivity index (χ1n) is 12.4.